The van der Waals surface area contributed by atoms with E-state index in [-0.39, 0.29) is 0 Å². The van der Waals surface area contributed by atoms with E-state index in [2.05, 4.69) is 50.6 Å². The predicted octanol–water partition coefficient (Wildman–Crippen LogP) is 5.14. The van der Waals surface area contributed by atoms with Gasteiger partial charge in [0.15, 0.2) is 0 Å². The van der Waals surface area contributed by atoms with Crippen LogP contribution in [0.5, 0.6) is 5.75 Å². The zero-order valence-electron chi connectivity index (χ0n) is 19.4. The summed E-state index contributed by atoms with van der Waals surface area (Å²) in [5.74, 6) is 1.84. The van der Waals surface area contributed by atoms with Gasteiger partial charge in [-0.3, -0.25) is 0 Å². The molecule has 2 atom stereocenters. The van der Waals surface area contributed by atoms with Crippen molar-refractivity contribution in [1.82, 2.24) is 10.6 Å². The van der Waals surface area contributed by atoms with Gasteiger partial charge in [-0.05, 0) is 37.8 Å². The molecule has 1 aliphatic carbocycles. The van der Waals surface area contributed by atoms with Crippen molar-refractivity contribution in [3.8, 4) is 5.75 Å². The van der Waals surface area contributed by atoms with Gasteiger partial charge in [0.25, 0.3) is 0 Å². The van der Waals surface area contributed by atoms with E-state index in [1.165, 1.54) is 38.5 Å². The second-order valence-electron chi connectivity index (χ2n) is 8.93. The molecule has 0 spiro atoms. The molecular formula is C26H42N2O2. The van der Waals surface area contributed by atoms with E-state index in [1.54, 1.807) is 0 Å². The van der Waals surface area contributed by atoms with Gasteiger partial charge in [-0.1, -0.05) is 82.3 Å². The summed E-state index contributed by atoms with van der Waals surface area (Å²) in [6.07, 6.45) is 8.27. The summed E-state index contributed by atoms with van der Waals surface area (Å²) in [7, 11) is 2.06. The highest BCUT2D eigenvalue weighted by atomic mass is 16.5. The lowest BCUT2D eigenvalue weighted by atomic mass is 9.85. The zero-order chi connectivity index (χ0) is 21.8. The largest absolute Gasteiger partial charge is 0.490 e. The molecule has 0 heterocycles. The summed E-state index contributed by atoms with van der Waals surface area (Å²) in [6.45, 7) is 7.24. The summed E-state index contributed by atoms with van der Waals surface area (Å²) >= 11 is 0. The molecule has 3 rings (SSSR count). The van der Waals surface area contributed by atoms with Crippen LogP contribution in [-0.4, -0.2) is 43.5 Å². The number of fused-ring (bicyclic) bond motifs is 1. The first-order chi connectivity index (χ1) is 14.5. The lowest BCUT2D eigenvalue weighted by molar-refractivity contribution is 0.105. The van der Waals surface area contributed by atoms with Crippen LogP contribution in [0.25, 0.3) is 10.8 Å². The molecule has 0 saturated heterocycles. The molecule has 0 radical (unpaired) electrons. The van der Waals surface area contributed by atoms with Crippen LogP contribution in [0.1, 0.15) is 59.3 Å². The maximum atomic E-state index is 9.84. The van der Waals surface area contributed by atoms with Crippen LogP contribution in [0.2, 0.25) is 0 Å². The number of nitrogens with one attached hydrogen (secondary N) is 2. The Balaban J connectivity index is 0.000000248. The molecule has 2 aromatic rings. The standard InChI is InChI=1S/C16H21NO2.C10H21N/c1-12(2)17-10-14(18)11-19-16-9-5-7-13-6-3-4-8-15(13)16;1-9(11-2)8-10-6-4-3-5-7-10/h3-9,12,14,17-18H,10-11H2,1-2H3;9-11H,3-8H2,1-2H3. The Labute approximate surface area is 183 Å². The number of aliphatic hydroxyl groups excluding tert-OH is 1. The van der Waals surface area contributed by atoms with Crippen LogP contribution in [0, 0.1) is 5.92 Å². The molecule has 1 aliphatic rings. The van der Waals surface area contributed by atoms with Crippen LogP contribution >= 0.6 is 0 Å². The lowest BCUT2D eigenvalue weighted by Crippen LogP contribution is -2.35. The number of rotatable bonds is 9. The minimum Gasteiger partial charge on any atom is -0.490 e. The molecule has 3 N–H and O–H groups in total. The molecule has 0 aromatic heterocycles. The second kappa shape index (κ2) is 13.6. The first kappa shape index (κ1) is 24.6. The van der Waals surface area contributed by atoms with Crippen molar-refractivity contribution in [2.75, 3.05) is 20.2 Å². The quantitative estimate of drug-likeness (QED) is 0.532. The molecule has 1 saturated carbocycles. The number of hydrogen-bond acceptors (Lipinski definition) is 4. The molecule has 0 amide bonds. The second-order valence-corrected chi connectivity index (χ2v) is 8.93. The van der Waals surface area contributed by atoms with E-state index in [1.807, 2.05) is 30.3 Å². The van der Waals surface area contributed by atoms with Crippen LogP contribution in [0.15, 0.2) is 42.5 Å². The minimum absolute atomic E-state index is 0.299. The Morgan fingerprint density at radius 1 is 1.00 bits per heavy atom. The van der Waals surface area contributed by atoms with Gasteiger partial charge in [-0.15, -0.1) is 0 Å². The van der Waals surface area contributed by atoms with Crippen molar-refractivity contribution in [2.45, 2.75) is 77.5 Å². The van der Waals surface area contributed by atoms with Crippen molar-refractivity contribution in [3.63, 3.8) is 0 Å². The molecule has 30 heavy (non-hydrogen) atoms. The van der Waals surface area contributed by atoms with Gasteiger partial charge < -0.3 is 20.5 Å². The number of ether oxygens (including phenoxy) is 1. The van der Waals surface area contributed by atoms with E-state index in [9.17, 15) is 5.11 Å². The molecule has 168 valence electrons. The summed E-state index contributed by atoms with van der Waals surface area (Å²) in [5, 5.41) is 18.6. The van der Waals surface area contributed by atoms with Gasteiger partial charge in [0.2, 0.25) is 0 Å². The van der Waals surface area contributed by atoms with Crippen molar-refractivity contribution in [1.29, 1.82) is 0 Å². The Morgan fingerprint density at radius 3 is 2.40 bits per heavy atom. The van der Waals surface area contributed by atoms with E-state index in [0.29, 0.717) is 19.2 Å². The summed E-state index contributed by atoms with van der Waals surface area (Å²) in [4.78, 5) is 0. The highest BCUT2D eigenvalue weighted by Crippen LogP contribution is 2.27. The van der Waals surface area contributed by atoms with Gasteiger partial charge in [-0.25, -0.2) is 0 Å². The number of hydrogen-bond donors (Lipinski definition) is 3. The highest BCUT2D eigenvalue weighted by Gasteiger charge is 2.15. The van der Waals surface area contributed by atoms with E-state index < -0.39 is 6.10 Å². The maximum absolute atomic E-state index is 9.84. The first-order valence-corrected chi connectivity index (χ1v) is 11.7. The fourth-order valence-corrected chi connectivity index (χ4v) is 3.98. The zero-order valence-corrected chi connectivity index (χ0v) is 19.4. The molecule has 2 aromatic carbocycles. The van der Waals surface area contributed by atoms with Crippen LogP contribution in [-0.2, 0) is 0 Å². The summed E-state index contributed by atoms with van der Waals surface area (Å²) in [5.41, 5.74) is 0. The highest BCUT2D eigenvalue weighted by molar-refractivity contribution is 5.88. The topological polar surface area (TPSA) is 53.5 Å². The van der Waals surface area contributed by atoms with E-state index in [0.717, 1.165) is 28.5 Å². The normalized spacial score (nSPS) is 16.7. The molecule has 1 fully saturated rings. The number of benzene rings is 2. The molecule has 0 bridgehead atoms. The third-order valence-corrected chi connectivity index (χ3v) is 5.85. The van der Waals surface area contributed by atoms with Crippen LogP contribution in [0.4, 0.5) is 0 Å². The van der Waals surface area contributed by atoms with E-state index >= 15 is 0 Å². The van der Waals surface area contributed by atoms with Gasteiger partial charge in [0.05, 0.1) is 0 Å². The van der Waals surface area contributed by atoms with Gasteiger partial charge in [0.1, 0.15) is 18.5 Å². The third kappa shape index (κ3) is 9.03. The van der Waals surface area contributed by atoms with Crippen molar-refractivity contribution in [2.24, 2.45) is 5.92 Å². The third-order valence-electron chi connectivity index (χ3n) is 5.85. The minimum atomic E-state index is -0.499. The average Bonchev–Trinajstić information content (AvgIpc) is 2.77. The van der Waals surface area contributed by atoms with Gasteiger partial charge in [0, 0.05) is 24.0 Å². The Kier molecular flexibility index (Phi) is 11.2. The predicted molar refractivity (Wildman–Crippen MR) is 128 cm³/mol. The molecule has 4 nitrogen and oxygen atoms in total. The Hall–Kier alpha value is -1.62. The van der Waals surface area contributed by atoms with Gasteiger partial charge in [-0.2, -0.15) is 0 Å². The Morgan fingerprint density at radius 2 is 1.70 bits per heavy atom. The molecule has 4 heteroatoms. The first-order valence-electron chi connectivity index (χ1n) is 11.7. The van der Waals surface area contributed by atoms with Gasteiger partial charge >= 0.3 is 0 Å². The SMILES string of the molecule is CC(C)NCC(O)COc1cccc2ccccc12.CNC(C)CC1CCCCC1. The number of aliphatic hydroxyl groups is 1. The average molecular weight is 415 g/mol. The monoisotopic (exact) mass is 414 g/mol. The van der Waals surface area contributed by atoms with Crippen molar-refractivity contribution >= 4 is 10.8 Å². The summed E-state index contributed by atoms with van der Waals surface area (Å²) < 4.78 is 5.72. The molecule has 2 unspecified atom stereocenters. The fraction of sp³-hybridized carbons (Fsp3) is 0.615. The lowest BCUT2D eigenvalue weighted by Gasteiger charge is -2.24. The maximum Gasteiger partial charge on any atom is 0.127 e. The molecular weight excluding hydrogens is 372 g/mol. The van der Waals surface area contributed by atoms with Crippen LogP contribution in [0.3, 0.4) is 0 Å². The fourth-order valence-electron chi connectivity index (χ4n) is 3.98. The smallest absolute Gasteiger partial charge is 0.127 e. The molecule has 0 aliphatic heterocycles. The summed E-state index contributed by atoms with van der Waals surface area (Å²) in [6, 6.07) is 15.1. The van der Waals surface area contributed by atoms with Crippen molar-refractivity contribution in [3.05, 3.63) is 42.5 Å². The van der Waals surface area contributed by atoms with E-state index in [4.69, 9.17) is 4.74 Å². The van der Waals surface area contributed by atoms with Crippen molar-refractivity contribution < 1.29 is 9.84 Å². The van der Waals surface area contributed by atoms with Crippen LogP contribution < -0.4 is 15.4 Å². The Bertz CT molecular complexity index is 708.